The molecule has 0 saturated heterocycles. The maximum Gasteiger partial charge on any atom is 0.323 e. The number of nitrogens with zero attached hydrogens (tertiary/aromatic N) is 1. The van der Waals surface area contributed by atoms with E-state index < -0.39 is 0 Å². The molecule has 0 radical (unpaired) electrons. The third-order valence-electron chi connectivity index (χ3n) is 7.34. The summed E-state index contributed by atoms with van der Waals surface area (Å²) in [4.78, 5) is 25.1. The van der Waals surface area contributed by atoms with Gasteiger partial charge in [-0.1, -0.05) is 107 Å². The van der Waals surface area contributed by atoms with Crippen LogP contribution in [0.15, 0.2) is 54.0 Å². The van der Waals surface area contributed by atoms with Gasteiger partial charge in [-0.15, -0.1) is 0 Å². The van der Waals surface area contributed by atoms with Crippen LogP contribution in [0.1, 0.15) is 112 Å². The number of para-hydroxylation sites is 1. The van der Waals surface area contributed by atoms with Crippen LogP contribution in [0.2, 0.25) is 0 Å². The van der Waals surface area contributed by atoms with Crippen LogP contribution in [-0.4, -0.2) is 18.4 Å². The van der Waals surface area contributed by atoms with Gasteiger partial charge in [-0.25, -0.2) is 4.79 Å². The molecule has 3 rings (SSSR count). The Morgan fingerprint density at radius 1 is 0.829 bits per heavy atom. The number of aryl methyl sites for hydroxylation is 1. The molecule has 0 fully saturated rings. The van der Waals surface area contributed by atoms with Crippen molar-refractivity contribution in [3.8, 4) is 5.75 Å². The zero-order valence-corrected chi connectivity index (χ0v) is 26.0. The van der Waals surface area contributed by atoms with Gasteiger partial charge in [-0.05, 0) is 37.6 Å². The number of ether oxygens (including phenoxy) is 1. The van der Waals surface area contributed by atoms with Crippen LogP contribution >= 0.6 is 11.3 Å². The van der Waals surface area contributed by atoms with Crippen LogP contribution in [0.4, 0.5) is 16.2 Å². The van der Waals surface area contributed by atoms with Gasteiger partial charge in [0.25, 0.3) is 0 Å². The van der Waals surface area contributed by atoms with Gasteiger partial charge in [0.05, 0.1) is 23.2 Å². The van der Waals surface area contributed by atoms with Crippen LogP contribution in [0.3, 0.4) is 0 Å². The Hall–Kier alpha value is -3.19. The number of carbonyl (C=O) groups is 2. The van der Waals surface area contributed by atoms with E-state index in [1.54, 1.807) is 29.5 Å². The normalized spacial score (nSPS) is 10.9. The van der Waals surface area contributed by atoms with E-state index in [0.717, 1.165) is 24.9 Å². The van der Waals surface area contributed by atoms with E-state index in [1.807, 2.05) is 24.3 Å². The van der Waals surface area contributed by atoms with Crippen molar-refractivity contribution in [1.82, 2.24) is 0 Å². The molecule has 1 heterocycles. The molecule has 6 nitrogen and oxygen atoms in total. The molecule has 1 aromatic heterocycles. The number of Topliss-reactive ketones (excluding diaryl/α,β-unsaturated/α-hetero) is 1. The molecule has 0 aliphatic rings. The number of ketones is 1. The fraction of sp³-hybridized carbons (Fsp3) is 0.500. The van der Waals surface area contributed by atoms with Crippen molar-refractivity contribution < 1.29 is 18.9 Å². The average molecular weight is 579 g/mol. The van der Waals surface area contributed by atoms with E-state index in [4.69, 9.17) is 4.74 Å². The van der Waals surface area contributed by atoms with Crippen LogP contribution in [-0.2, 0) is 6.54 Å². The lowest BCUT2D eigenvalue weighted by Crippen LogP contribution is -2.34. The minimum atomic E-state index is -0.378. The smallest absolute Gasteiger partial charge is 0.323 e. The molecule has 2 aromatic carbocycles. The number of benzene rings is 2. The van der Waals surface area contributed by atoms with Gasteiger partial charge in [0.15, 0.2) is 24.3 Å². The Bertz CT molecular complexity index is 1210. The van der Waals surface area contributed by atoms with E-state index in [1.165, 1.54) is 76.1 Å². The molecule has 0 spiro atoms. The summed E-state index contributed by atoms with van der Waals surface area (Å²) in [7, 11) is 0. The van der Waals surface area contributed by atoms with Crippen molar-refractivity contribution in [2.45, 2.75) is 104 Å². The topological polar surface area (TPSA) is 71.3 Å². The minimum Gasteiger partial charge on any atom is -0.491 e. The molecule has 222 valence electrons. The Morgan fingerprint density at radius 2 is 1.46 bits per heavy atom. The quantitative estimate of drug-likeness (QED) is 0.0846. The second-order valence-electron chi connectivity index (χ2n) is 10.8. The zero-order valence-electron chi connectivity index (χ0n) is 25.2. The Morgan fingerprint density at radius 3 is 2.05 bits per heavy atom. The zero-order chi connectivity index (χ0) is 29.3. The summed E-state index contributed by atoms with van der Waals surface area (Å²) in [5.41, 5.74) is 2.83. The first-order chi connectivity index (χ1) is 20.0. The third kappa shape index (κ3) is 11.7. The summed E-state index contributed by atoms with van der Waals surface area (Å²) in [6.45, 7) is 7.19. The van der Waals surface area contributed by atoms with Gasteiger partial charge in [-0.2, -0.15) is 4.57 Å². The number of rotatable bonds is 19. The molecule has 3 aromatic rings. The van der Waals surface area contributed by atoms with Crippen LogP contribution in [0.5, 0.6) is 5.75 Å². The van der Waals surface area contributed by atoms with E-state index in [0.29, 0.717) is 29.3 Å². The van der Waals surface area contributed by atoms with E-state index in [2.05, 4.69) is 40.6 Å². The van der Waals surface area contributed by atoms with Gasteiger partial charge in [-0.3, -0.25) is 4.79 Å². The number of unbranched alkanes of at least 4 members (excludes halogenated alkanes) is 11. The van der Waals surface area contributed by atoms with Crippen molar-refractivity contribution in [2.24, 2.45) is 0 Å². The third-order valence-corrected chi connectivity index (χ3v) is 8.17. The lowest BCUT2D eigenvalue weighted by atomic mass is 10.1. The van der Waals surface area contributed by atoms with Crippen molar-refractivity contribution in [3.05, 3.63) is 70.2 Å². The molecule has 41 heavy (non-hydrogen) atoms. The van der Waals surface area contributed by atoms with Gasteiger partial charge in [0.2, 0.25) is 5.01 Å². The standard InChI is InChI=1S/C34H47N3O3S/c1-4-5-6-7-8-9-10-11-12-13-14-15-24-40-33-31(27(2)38)17-16-18-32(33)36-34(39)35-30-21-19-29(20-22-30)26-37-23-25-41-28(37)3/h16-23,25H,4-15,24,26H2,1-3H3,(H-,35,36,39)/p+1. The van der Waals surface area contributed by atoms with Crippen molar-refractivity contribution in [2.75, 3.05) is 17.2 Å². The summed E-state index contributed by atoms with van der Waals surface area (Å²) >= 11 is 1.72. The number of thiazole rings is 1. The summed E-state index contributed by atoms with van der Waals surface area (Å²) in [5.74, 6) is 0.352. The minimum absolute atomic E-state index is 0.0898. The number of anilines is 2. The molecule has 0 unspecified atom stereocenters. The molecular formula is C34H48N3O3S+. The van der Waals surface area contributed by atoms with Gasteiger partial charge >= 0.3 is 6.03 Å². The number of nitrogens with one attached hydrogen (secondary N) is 2. The predicted molar refractivity (Wildman–Crippen MR) is 170 cm³/mol. The second kappa shape index (κ2) is 18.3. The Labute approximate surface area is 250 Å². The maximum atomic E-state index is 12.8. The summed E-state index contributed by atoms with van der Waals surface area (Å²) < 4.78 is 8.28. The van der Waals surface area contributed by atoms with Crippen molar-refractivity contribution in [3.63, 3.8) is 0 Å². The average Bonchev–Trinajstić information content (AvgIpc) is 3.36. The highest BCUT2D eigenvalue weighted by Crippen LogP contribution is 2.30. The molecule has 2 amide bonds. The van der Waals surface area contributed by atoms with Crippen molar-refractivity contribution >= 4 is 34.5 Å². The summed E-state index contributed by atoms with van der Waals surface area (Å²) in [6.07, 6.45) is 17.4. The number of aromatic nitrogens is 1. The Kier molecular flexibility index (Phi) is 14.4. The number of urea groups is 1. The first kappa shape index (κ1) is 32.3. The van der Waals surface area contributed by atoms with E-state index >= 15 is 0 Å². The highest BCUT2D eigenvalue weighted by molar-refractivity contribution is 7.09. The van der Waals surface area contributed by atoms with Gasteiger partial charge < -0.3 is 15.4 Å². The highest BCUT2D eigenvalue weighted by atomic mass is 32.1. The SMILES string of the molecule is CCCCCCCCCCCCCCOc1c(NC(=O)Nc2ccc(C[n+]3ccsc3C)cc2)cccc1C(C)=O. The monoisotopic (exact) mass is 578 g/mol. The highest BCUT2D eigenvalue weighted by Gasteiger charge is 2.16. The van der Waals surface area contributed by atoms with Crippen LogP contribution in [0.25, 0.3) is 0 Å². The van der Waals surface area contributed by atoms with Gasteiger partial charge in [0.1, 0.15) is 0 Å². The largest absolute Gasteiger partial charge is 0.491 e. The fourth-order valence-electron chi connectivity index (χ4n) is 4.90. The summed E-state index contributed by atoms with van der Waals surface area (Å²) in [5, 5.41) is 9.09. The lowest BCUT2D eigenvalue weighted by Gasteiger charge is -2.16. The molecule has 0 saturated carbocycles. The Balaban J connectivity index is 1.42. The molecule has 0 atom stereocenters. The lowest BCUT2D eigenvalue weighted by molar-refractivity contribution is -0.689. The van der Waals surface area contributed by atoms with Crippen LogP contribution < -0.4 is 19.9 Å². The predicted octanol–water partition coefficient (Wildman–Crippen LogP) is 9.32. The molecule has 7 heteroatoms. The molecule has 0 aliphatic heterocycles. The summed E-state index contributed by atoms with van der Waals surface area (Å²) in [6, 6.07) is 12.7. The van der Waals surface area contributed by atoms with Crippen LogP contribution in [0, 0.1) is 6.92 Å². The first-order valence-corrected chi connectivity index (χ1v) is 16.2. The first-order valence-electron chi connectivity index (χ1n) is 15.3. The van der Waals surface area contributed by atoms with Gasteiger partial charge in [0, 0.05) is 18.2 Å². The molecule has 2 N–H and O–H groups in total. The number of amides is 2. The number of hydrogen-bond donors (Lipinski definition) is 2. The van der Waals surface area contributed by atoms with E-state index in [9.17, 15) is 9.59 Å². The molecular weight excluding hydrogens is 530 g/mol. The van der Waals surface area contributed by atoms with Crippen molar-refractivity contribution in [1.29, 1.82) is 0 Å². The fourth-order valence-corrected chi connectivity index (χ4v) is 5.56. The molecule has 0 aliphatic carbocycles. The van der Waals surface area contributed by atoms with E-state index in [-0.39, 0.29) is 11.8 Å². The maximum absolute atomic E-state index is 12.8. The number of carbonyl (C=O) groups excluding carboxylic acids is 2. The second-order valence-corrected chi connectivity index (χ2v) is 11.9. The molecule has 0 bridgehead atoms. The number of hydrogen-bond acceptors (Lipinski definition) is 4.